The minimum Gasteiger partial charge on any atom is -0.382 e. The quantitative estimate of drug-likeness (QED) is 0.615. The van der Waals surface area contributed by atoms with Gasteiger partial charge in [-0.1, -0.05) is 6.92 Å². The molecule has 1 atom stereocenters. The predicted molar refractivity (Wildman–Crippen MR) is 55.3 cm³/mol. The molecule has 0 fully saturated rings. The first kappa shape index (κ1) is 12.5. The van der Waals surface area contributed by atoms with Gasteiger partial charge in [0.15, 0.2) is 0 Å². The number of methoxy groups -OCH3 is 1. The second-order valence-corrected chi connectivity index (χ2v) is 3.91. The van der Waals surface area contributed by atoms with E-state index in [2.05, 4.69) is 6.92 Å². The summed E-state index contributed by atoms with van der Waals surface area (Å²) in [6.45, 7) is 4.16. The molecule has 0 N–H and O–H groups in total. The third kappa shape index (κ3) is 3.51. The fraction of sp³-hybridized carbons (Fsp3) is 1.00. The molecule has 0 saturated heterocycles. The van der Waals surface area contributed by atoms with Crippen LogP contribution < -0.4 is 0 Å². The van der Waals surface area contributed by atoms with E-state index in [-0.39, 0.29) is 11.5 Å². The molecular formula is C9H18Cl2O. The Labute approximate surface area is 85.4 Å². The summed E-state index contributed by atoms with van der Waals surface area (Å²) in [6, 6.07) is 0. The van der Waals surface area contributed by atoms with Gasteiger partial charge in [-0.15, -0.1) is 23.2 Å². The standard InChI is InChI=1S/C9H18Cl2O/c1-4-9(6-10,7-11)5-8(2)12-3/h8H,4-7H2,1-3H3. The van der Waals surface area contributed by atoms with Crippen molar-refractivity contribution in [1.29, 1.82) is 0 Å². The van der Waals surface area contributed by atoms with Gasteiger partial charge in [-0.2, -0.15) is 0 Å². The predicted octanol–water partition coefficient (Wildman–Crippen LogP) is 3.29. The molecule has 3 heteroatoms. The van der Waals surface area contributed by atoms with Crippen molar-refractivity contribution in [2.45, 2.75) is 32.8 Å². The molecule has 1 unspecified atom stereocenters. The van der Waals surface area contributed by atoms with Gasteiger partial charge in [0.05, 0.1) is 6.10 Å². The first-order valence-electron chi connectivity index (χ1n) is 4.29. The van der Waals surface area contributed by atoms with Gasteiger partial charge < -0.3 is 4.74 Å². The topological polar surface area (TPSA) is 9.23 Å². The first-order valence-corrected chi connectivity index (χ1v) is 5.35. The van der Waals surface area contributed by atoms with Crippen molar-refractivity contribution in [2.24, 2.45) is 5.41 Å². The summed E-state index contributed by atoms with van der Waals surface area (Å²) in [7, 11) is 1.72. The Hall–Kier alpha value is 0.540. The second-order valence-electron chi connectivity index (χ2n) is 3.37. The Morgan fingerprint density at radius 2 is 1.83 bits per heavy atom. The average molecular weight is 213 g/mol. The normalized spacial score (nSPS) is 14.8. The maximum atomic E-state index is 5.89. The Morgan fingerprint density at radius 3 is 2.08 bits per heavy atom. The number of rotatable bonds is 6. The van der Waals surface area contributed by atoms with Crippen molar-refractivity contribution >= 4 is 23.2 Å². The van der Waals surface area contributed by atoms with E-state index in [4.69, 9.17) is 27.9 Å². The van der Waals surface area contributed by atoms with Gasteiger partial charge >= 0.3 is 0 Å². The van der Waals surface area contributed by atoms with Crippen molar-refractivity contribution < 1.29 is 4.74 Å². The summed E-state index contributed by atoms with van der Waals surface area (Å²) >= 11 is 11.8. The molecule has 0 aliphatic rings. The molecule has 0 aromatic carbocycles. The number of hydrogen-bond acceptors (Lipinski definition) is 1. The van der Waals surface area contributed by atoms with Crippen molar-refractivity contribution in [2.75, 3.05) is 18.9 Å². The zero-order chi connectivity index (χ0) is 9.61. The molecule has 0 bridgehead atoms. The lowest BCUT2D eigenvalue weighted by Gasteiger charge is -2.30. The smallest absolute Gasteiger partial charge is 0.0549 e. The van der Waals surface area contributed by atoms with Crippen LogP contribution in [0.4, 0.5) is 0 Å². The molecule has 0 radical (unpaired) electrons. The van der Waals surface area contributed by atoms with Gasteiger partial charge in [0.1, 0.15) is 0 Å². The average Bonchev–Trinajstić information content (AvgIpc) is 2.14. The summed E-state index contributed by atoms with van der Waals surface area (Å²) in [5.74, 6) is 1.22. The van der Waals surface area contributed by atoms with E-state index >= 15 is 0 Å². The zero-order valence-corrected chi connectivity index (χ0v) is 9.58. The monoisotopic (exact) mass is 212 g/mol. The Morgan fingerprint density at radius 1 is 1.33 bits per heavy atom. The first-order chi connectivity index (χ1) is 5.64. The second kappa shape index (κ2) is 6.06. The van der Waals surface area contributed by atoms with Crippen LogP contribution in [0, 0.1) is 5.41 Å². The summed E-state index contributed by atoms with van der Waals surface area (Å²) in [5, 5.41) is 0. The summed E-state index contributed by atoms with van der Waals surface area (Å²) < 4.78 is 5.19. The van der Waals surface area contributed by atoms with Crippen LogP contribution in [0.15, 0.2) is 0 Å². The van der Waals surface area contributed by atoms with Gasteiger partial charge in [-0.3, -0.25) is 0 Å². The third-order valence-electron chi connectivity index (χ3n) is 2.44. The van der Waals surface area contributed by atoms with Crippen molar-refractivity contribution in [1.82, 2.24) is 0 Å². The molecular weight excluding hydrogens is 195 g/mol. The minimum atomic E-state index is 0.0541. The number of alkyl halides is 2. The lowest BCUT2D eigenvalue weighted by molar-refractivity contribution is 0.0762. The minimum absolute atomic E-state index is 0.0541. The fourth-order valence-electron chi connectivity index (χ4n) is 1.17. The van der Waals surface area contributed by atoms with E-state index in [9.17, 15) is 0 Å². The highest BCUT2D eigenvalue weighted by atomic mass is 35.5. The van der Waals surface area contributed by atoms with E-state index in [1.165, 1.54) is 0 Å². The van der Waals surface area contributed by atoms with Gasteiger partial charge in [0, 0.05) is 18.9 Å². The largest absolute Gasteiger partial charge is 0.382 e. The zero-order valence-electron chi connectivity index (χ0n) is 8.07. The van der Waals surface area contributed by atoms with Crippen molar-refractivity contribution in [3.63, 3.8) is 0 Å². The molecule has 0 amide bonds. The summed E-state index contributed by atoms with van der Waals surface area (Å²) in [6.07, 6.45) is 2.18. The van der Waals surface area contributed by atoms with E-state index in [1.807, 2.05) is 6.92 Å². The molecule has 74 valence electrons. The molecule has 12 heavy (non-hydrogen) atoms. The maximum Gasteiger partial charge on any atom is 0.0549 e. The molecule has 0 aliphatic carbocycles. The highest BCUT2D eigenvalue weighted by Gasteiger charge is 2.28. The lowest BCUT2D eigenvalue weighted by atomic mass is 9.84. The van der Waals surface area contributed by atoms with Crippen LogP contribution in [-0.2, 0) is 4.74 Å². The van der Waals surface area contributed by atoms with Crippen LogP contribution in [-0.4, -0.2) is 25.0 Å². The molecule has 0 saturated carbocycles. The molecule has 0 aromatic heterocycles. The number of halogens is 2. The molecule has 0 heterocycles. The fourth-order valence-corrected chi connectivity index (χ4v) is 2.05. The van der Waals surface area contributed by atoms with E-state index in [1.54, 1.807) is 7.11 Å². The number of hydrogen-bond donors (Lipinski definition) is 0. The van der Waals surface area contributed by atoms with Crippen molar-refractivity contribution in [3.05, 3.63) is 0 Å². The van der Waals surface area contributed by atoms with Crippen LogP contribution in [0.1, 0.15) is 26.7 Å². The van der Waals surface area contributed by atoms with Gasteiger partial charge in [0.2, 0.25) is 0 Å². The highest BCUT2D eigenvalue weighted by Crippen LogP contribution is 2.31. The molecule has 0 aliphatic heterocycles. The van der Waals surface area contributed by atoms with Gasteiger partial charge in [0.25, 0.3) is 0 Å². The van der Waals surface area contributed by atoms with Crippen LogP contribution in [0.25, 0.3) is 0 Å². The Balaban J connectivity index is 4.09. The maximum absolute atomic E-state index is 5.89. The summed E-state index contributed by atoms with van der Waals surface area (Å²) in [4.78, 5) is 0. The van der Waals surface area contributed by atoms with Gasteiger partial charge in [-0.05, 0) is 25.2 Å². The van der Waals surface area contributed by atoms with Crippen LogP contribution in [0.3, 0.4) is 0 Å². The Bertz CT molecular complexity index is 105. The van der Waals surface area contributed by atoms with E-state index in [0.717, 1.165) is 12.8 Å². The Kier molecular flexibility index (Phi) is 6.34. The molecule has 0 spiro atoms. The number of ether oxygens (including phenoxy) is 1. The highest BCUT2D eigenvalue weighted by molar-refractivity contribution is 6.21. The summed E-state index contributed by atoms with van der Waals surface area (Å²) in [5.41, 5.74) is 0.0541. The third-order valence-corrected chi connectivity index (χ3v) is 3.57. The SMILES string of the molecule is CCC(CCl)(CCl)CC(C)OC. The van der Waals surface area contributed by atoms with Crippen LogP contribution in [0.2, 0.25) is 0 Å². The van der Waals surface area contributed by atoms with Crippen LogP contribution in [0.5, 0.6) is 0 Å². The van der Waals surface area contributed by atoms with E-state index in [0.29, 0.717) is 11.8 Å². The van der Waals surface area contributed by atoms with E-state index < -0.39 is 0 Å². The van der Waals surface area contributed by atoms with Crippen molar-refractivity contribution in [3.8, 4) is 0 Å². The molecule has 1 nitrogen and oxygen atoms in total. The van der Waals surface area contributed by atoms with Crippen LogP contribution >= 0.6 is 23.2 Å². The molecule has 0 aromatic rings. The molecule has 0 rings (SSSR count). The lowest BCUT2D eigenvalue weighted by Crippen LogP contribution is -2.29. The van der Waals surface area contributed by atoms with Gasteiger partial charge in [-0.25, -0.2) is 0 Å².